The van der Waals surface area contributed by atoms with E-state index in [2.05, 4.69) is 15.6 Å². The van der Waals surface area contributed by atoms with Crippen molar-refractivity contribution in [2.24, 2.45) is 0 Å². The maximum atomic E-state index is 13.5. The molecular formula is C32H27N3O3S2. The van der Waals surface area contributed by atoms with Gasteiger partial charge >= 0.3 is 0 Å². The predicted molar refractivity (Wildman–Crippen MR) is 163 cm³/mol. The highest BCUT2D eigenvalue weighted by atomic mass is 32.2. The van der Waals surface area contributed by atoms with Crippen molar-refractivity contribution < 1.29 is 14.3 Å². The largest absolute Gasteiger partial charge is 0.497 e. The van der Waals surface area contributed by atoms with Crippen molar-refractivity contribution in [1.29, 1.82) is 0 Å². The number of benzene rings is 4. The van der Waals surface area contributed by atoms with Crippen molar-refractivity contribution in [3.63, 3.8) is 0 Å². The molecule has 0 spiro atoms. The molecule has 40 heavy (non-hydrogen) atoms. The molecule has 5 rings (SSSR count). The number of rotatable bonds is 10. The van der Waals surface area contributed by atoms with Gasteiger partial charge < -0.3 is 15.4 Å². The van der Waals surface area contributed by atoms with Crippen molar-refractivity contribution in [3.8, 4) is 17.0 Å². The first kappa shape index (κ1) is 27.2. The van der Waals surface area contributed by atoms with Crippen LogP contribution in [0.15, 0.2) is 119 Å². The number of carbonyl (C=O) groups excluding carboxylic acids is 2. The molecular weight excluding hydrogens is 539 g/mol. The molecule has 200 valence electrons. The highest BCUT2D eigenvalue weighted by Crippen LogP contribution is 2.37. The van der Waals surface area contributed by atoms with Gasteiger partial charge in [0.25, 0.3) is 0 Å². The molecule has 0 saturated carbocycles. The molecule has 1 atom stereocenters. The molecule has 5 aromatic rings. The lowest BCUT2D eigenvalue weighted by Gasteiger charge is -2.16. The number of anilines is 2. The first-order chi connectivity index (χ1) is 19.6. The number of thioether (sulfide) groups is 1. The minimum atomic E-state index is -0.493. The monoisotopic (exact) mass is 565 g/mol. The number of nitrogens with one attached hydrogen (secondary N) is 2. The van der Waals surface area contributed by atoms with E-state index in [1.54, 1.807) is 7.11 Å². The van der Waals surface area contributed by atoms with Crippen LogP contribution in [-0.2, 0) is 16.0 Å². The van der Waals surface area contributed by atoms with Crippen LogP contribution in [-0.4, -0.2) is 23.9 Å². The van der Waals surface area contributed by atoms with E-state index in [9.17, 15) is 9.59 Å². The van der Waals surface area contributed by atoms with Crippen LogP contribution in [0.25, 0.3) is 11.3 Å². The molecule has 0 aliphatic rings. The summed E-state index contributed by atoms with van der Waals surface area (Å²) in [6, 6.07) is 34.5. The zero-order valence-electron chi connectivity index (χ0n) is 21.7. The Hall–Kier alpha value is -4.40. The third-order valence-electron chi connectivity index (χ3n) is 6.06. The second-order valence-corrected chi connectivity index (χ2v) is 10.9. The zero-order valence-corrected chi connectivity index (χ0v) is 23.4. The normalized spacial score (nSPS) is 11.4. The number of nitrogens with zero attached hydrogens (tertiary/aromatic N) is 1. The third-order valence-corrected chi connectivity index (χ3v) is 8.08. The molecule has 6 nitrogen and oxygen atoms in total. The smallest absolute Gasteiger partial charge is 0.244 e. The lowest BCUT2D eigenvalue weighted by Crippen LogP contribution is -2.19. The van der Waals surface area contributed by atoms with Gasteiger partial charge in [0, 0.05) is 21.5 Å². The summed E-state index contributed by atoms with van der Waals surface area (Å²) in [6.45, 7) is 0. The molecule has 2 amide bonds. The molecule has 0 bridgehead atoms. The number of thiazole rings is 1. The third kappa shape index (κ3) is 7.16. The van der Waals surface area contributed by atoms with Crippen molar-refractivity contribution >= 4 is 45.7 Å². The van der Waals surface area contributed by atoms with Crippen molar-refractivity contribution in [2.75, 3.05) is 17.7 Å². The maximum Gasteiger partial charge on any atom is 0.244 e. The molecule has 0 fully saturated rings. The predicted octanol–water partition coefficient (Wildman–Crippen LogP) is 7.47. The van der Waals surface area contributed by atoms with Gasteiger partial charge in [-0.2, -0.15) is 0 Å². The number of hydrogen-bond acceptors (Lipinski definition) is 6. The van der Waals surface area contributed by atoms with E-state index in [1.807, 2.05) is 115 Å². The number of ether oxygens (including phenoxy) is 1. The lowest BCUT2D eigenvalue weighted by atomic mass is 10.1. The minimum absolute atomic E-state index is 0.0781. The quantitative estimate of drug-likeness (QED) is 0.172. The van der Waals surface area contributed by atoms with Crippen LogP contribution >= 0.6 is 23.1 Å². The summed E-state index contributed by atoms with van der Waals surface area (Å²) >= 11 is 2.83. The fraction of sp³-hybridized carbons (Fsp3) is 0.0938. The van der Waals surface area contributed by atoms with E-state index in [4.69, 9.17) is 4.74 Å². The summed E-state index contributed by atoms with van der Waals surface area (Å²) in [4.78, 5) is 31.5. The second-order valence-electron chi connectivity index (χ2n) is 8.90. The number of aromatic nitrogens is 1. The Morgan fingerprint density at radius 1 is 0.850 bits per heavy atom. The molecule has 4 aromatic carbocycles. The highest BCUT2D eigenvalue weighted by Gasteiger charge is 2.23. The van der Waals surface area contributed by atoms with Gasteiger partial charge in [0.2, 0.25) is 11.8 Å². The first-order valence-corrected chi connectivity index (χ1v) is 14.4. The van der Waals surface area contributed by atoms with Gasteiger partial charge in [-0.25, -0.2) is 4.98 Å². The van der Waals surface area contributed by atoms with Gasteiger partial charge in [0.05, 0.1) is 19.2 Å². The molecule has 8 heteroatoms. The van der Waals surface area contributed by atoms with E-state index < -0.39 is 5.25 Å². The summed E-state index contributed by atoms with van der Waals surface area (Å²) in [6.07, 6.45) is 0.310. The van der Waals surface area contributed by atoms with Crippen LogP contribution in [0.2, 0.25) is 0 Å². The van der Waals surface area contributed by atoms with Gasteiger partial charge in [-0.1, -0.05) is 60.7 Å². The fourth-order valence-corrected chi connectivity index (χ4v) is 5.78. The summed E-state index contributed by atoms with van der Waals surface area (Å²) in [5.41, 5.74) is 4.29. The van der Waals surface area contributed by atoms with Gasteiger partial charge in [-0.15, -0.1) is 23.1 Å². The average molecular weight is 566 g/mol. The summed E-state index contributed by atoms with van der Waals surface area (Å²) in [5, 5.41) is 7.91. The summed E-state index contributed by atoms with van der Waals surface area (Å²) in [7, 11) is 1.63. The number of methoxy groups -OCH3 is 1. The second kappa shape index (κ2) is 13.1. The van der Waals surface area contributed by atoms with E-state index in [1.165, 1.54) is 23.1 Å². The van der Waals surface area contributed by atoms with E-state index in [-0.39, 0.29) is 11.8 Å². The maximum absolute atomic E-state index is 13.5. The SMILES string of the molecule is COc1ccc(-c2csc(NC(=O)C(Sc3ccc(NC(=O)Cc4ccccc4)cc3)c3ccccc3)n2)cc1. The van der Waals surface area contributed by atoms with Crippen molar-refractivity contribution in [2.45, 2.75) is 16.6 Å². The Morgan fingerprint density at radius 3 is 2.20 bits per heavy atom. The molecule has 0 aliphatic carbocycles. The van der Waals surface area contributed by atoms with Crippen LogP contribution in [0.5, 0.6) is 5.75 Å². The Balaban J connectivity index is 1.26. The van der Waals surface area contributed by atoms with Crippen molar-refractivity contribution in [1.82, 2.24) is 4.98 Å². The van der Waals surface area contributed by atoms with Gasteiger partial charge in [0.15, 0.2) is 5.13 Å². The molecule has 0 radical (unpaired) electrons. The van der Waals surface area contributed by atoms with E-state index in [0.717, 1.165) is 33.0 Å². The molecule has 1 aromatic heterocycles. The van der Waals surface area contributed by atoms with Crippen LogP contribution in [0.3, 0.4) is 0 Å². The first-order valence-electron chi connectivity index (χ1n) is 12.6. The minimum Gasteiger partial charge on any atom is -0.497 e. The number of hydrogen-bond donors (Lipinski definition) is 2. The van der Waals surface area contributed by atoms with E-state index in [0.29, 0.717) is 17.2 Å². The fourth-order valence-electron chi connectivity index (χ4n) is 4.04. The summed E-state index contributed by atoms with van der Waals surface area (Å²) in [5.74, 6) is 0.538. The Bertz CT molecular complexity index is 1560. The highest BCUT2D eigenvalue weighted by molar-refractivity contribution is 8.00. The van der Waals surface area contributed by atoms with Gasteiger partial charge in [-0.3, -0.25) is 9.59 Å². The Morgan fingerprint density at radius 2 is 1.52 bits per heavy atom. The standard InChI is InChI=1S/C32H27N3O3S2/c1-38-26-16-12-23(13-17-26)28-21-39-32(34-28)35-31(37)30(24-10-6-3-7-11-24)40-27-18-14-25(15-19-27)33-29(36)20-22-8-4-2-5-9-22/h2-19,21,30H,20H2,1H3,(H,33,36)(H,34,35,37). The Labute approximate surface area is 241 Å². The molecule has 1 heterocycles. The van der Waals surface area contributed by atoms with Gasteiger partial charge in [0.1, 0.15) is 11.0 Å². The molecule has 2 N–H and O–H groups in total. The lowest BCUT2D eigenvalue weighted by molar-refractivity contribution is -0.116. The average Bonchev–Trinajstić information content (AvgIpc) is 3.46. The van der Waals surface area contributed by atoms with Crippen LogP contribution in [0.1, 0.15) is 16.4 Å². The topological polar surface area (TPSA) is 80.3 Å². The Kier molecular flexibility index (Phi) is 8.90. The van der Waals surface area contributed by atoms with Crippen molar-refractivity contribution in [3.05, 3.63) is 126 Å². The van der Waals surface area contributed by atoms with Crippen LogP contribution < -0.4 is 15.4 Å². The van der Waals surface area contributed by atoms with E-state index >= 15 is 0 Å². The summed E-state index contributed by atoms with van der Waals surface area (Å²) < 4.78 is 5.23. The molecule has 0 saturated heterocycles. The van der Waals surface area contributed by atoms with Crippen LogP contribution in [0.4, 0.5) is 10.8 Å². The molecule has 1 unspecified atom stereocenters. The van der Waals surface area contributed by atoms with Crippen LogP contribution in [0, 0.1) is 0 Å². The van der Waals surface area contributed by atoms with Gasteiger partial charge in [-0.05, 0) is 59.7 Å². The number of amides is 2. The molecule has 0 aliphatic heterocycles. The zero-order chi connectivity index (χ0) is 27.7. The number of carbonyl (C=O) groups is 2.